The van der Waals surface area contributed by atoms with Crippen molar-refractivity contribution in [2.45, 2.75) is 25.1 Å². The third-order valence-electron chi connectivity index (χ3n) is 2.18. The van der Waals surface area contributed by atoms with Crippen LogP contribution in [0, 0.1) is 5.92 Å². The van der Waals surface area contributed by atoms with Gasteiger partial charge in [0, 0.05) is 0 Å². The molecule has 1 rings (SSSR count). The zero-order valence-electron chi connectivity index (χ0n) is 6.90. The number of halogens is 3. The maximum absolute atomic E-state index is 12.3. The third-order valence-corrected chi connectivity index (χ3v) is 2.18. The number of carbonyl (C=O) groups is 1. The Hall–Kier alpha value is -0.780. The Bertz CT molecular complexity index is 204. The molecule has 1 amide bonds. The fraction of sp³-hybridized carbons (Fsp3) is 0.857. The normalized spacial score (nSPS) is 30.1. The molecule has 76 valence electrons. The first-order chi connectivity index (χ1) is 5.93. The van der Waals surface area contributed by atoms with Crippen LogP contribution in [0.1, 0.15) is 12.8 Å². The zero-order chi connectivity index (χ0) is 10.1. The zero-order valence-corrected chi connectivity index (χ0v) is 6.90. The van der Waals surface area contributed by atoms with E-state index in [0.29, 0.717) is 6.42 Å². The molecule has 1 saturated heterocycles. The van der Waals surface area contributed by atoms with Crippen LogP contribution in [0.25, 0.3) is 0 Å². The highest BCUT2D eigenvalue weighted by molar-refractivity contribution is 5.77. The minimum atomic E-state index is -4.39. The number of nitrogens with two attached hydrogens (primary N) is 1. The maximum atomic E-state index is 12.3. The molecule has 1 fully saturated rings. The van der Waals surface area contributed by atoms with Crippen molar-refractivity contribution >= 4 is 5.91 Å². The second-order valence-electron chi connectivity index (χ2n) is 3.12. The Morgan fingerprint density at radius 3 is 2.46 bits per heavy atom. The van der Waals surface area contributed by atoms with Gasteiger partial charge in [0.15, 0.2) is 0 Å². The number of amides is 1. The van der Waals surface area contributed by atoms with E-state index in [4.69, 9.17) is 5.73 Å². The van der Waals surface area contributed by atoms with Crippen LogP contribution in [0.2, 0.25) is 0 Å². The molecule has 0 aromatic rings. The lowest BCUT2D eigenvalue weighted by molar-refractivity contribution is -0.176. The largest absolute Gasteiger partial charge is 0.404 e. The summed E-state index contributed by atoms with van der Waals surface area (Å²) in [5, 5.41) is 2.26. The van der Waals surface area contributed by atoms with Crippen molar-refractivity contribution in [2.75, 3.05) is 6.54 Å². The minimum Gasteiger partial charge on any atom is -0.369 e. The lowest BCUT2D eigenvalue weighted by Gasteiger charge is -2.31. The summed E-state index contributed by atoms with van der Waals surface area (Å²) in [5.74, 6) is -2.00. The summed E-state index contributed by atoms with van der Waals surface area (Å²) in [5.41, 5.74) is 4.88. The molecule has 0 aromatic carbocycles. The second-order valence-corrected chi connectivity index (χ2v) is 3.12. The molecule has 0 aliphatic carbocycles. The predicted molar refractivity (Wildman–Crippen MR) is 39.8 cm³/mol. The molecule has 0 bridgehead atoms. The Balaban J connectivity index is 2.73. The highest BCUT2D eigenvalue weighted by atomic mass is 19.4. The van der Waals surface area contributed by atoms with Crippen molar-refractivity contribution < 1.29 is 18.0 Å². The molecule has 0 aromatic heterocycles. The first kappa shape index (κ1) is 10.3. The van der Waals surface area contributed by atoms with E-state index in [0.717, 1.165) is 0 Å². The van der Waals surface area contributed by atoms with Gasteiger partial charge in [-0.2, -0.15) is 13.2 Å². The summed E-state index contributed by atoms with van der Waals surface area (Å²) >= 11 is 0. The molecule has 0 spiro atoms. The van der Waals surface area contributed by atoms with Crippen molar-refractivity contribution in [2.24, 2.45) is 11.7 Å². The van der Waals surface area contributed by atoms with Crippen molar-refractivity contribution in [3.8, 4) is 0 Å². The SMILES string of the molecule is NC(=O)[C@@H]1CCCN[C@@H]1C(F)(F)F. The van der Waals surface area contributed by atoms with Gasteiger partial charge in [-0.3, -0.25) is 4.79 Å². The Kier molecular flexibility index (Phi) is 2.80. The van der Waals surface area contributed by atoms with Crippen LogP contribution < -0.4 is 11.1 Å². The minimum absolute atomic E-state index is 0.215. The van der Waals surface area contributed by atoms with Crippen molar-refractivity contribution in [1.82, 2.24) is 5.32 Å². The van der Waals surface area contributed by atoms with Gasteiger partial charge < -0.3 is 11.1 Å². The average molecular weight is 196 g/mol. The van der Waals surface area contributed by atoms with E-state index in [9.17, 15) is 18.0 Å². The molecule has 2 atom stereocenters. The second kappa shape index (κ2) is 3.53. The molecule has 1 aliphatic rings. The first-order valence-corrected chi connectivity index (χ1v) is 4.02. The van der Waals surface area contributed by atoms with Crippen LogP contribution in [0.3, 0.4) is 0 Å². The molecule has 3 N–H and O–H groups in total. The first-order valence-electron chi connectivity index (χ1n) is 4.02. The Morgan fingerprint density at radius 1 is 1.46 bits per heavy atom. The van der Waals surface area contributed by atoms with Gasteiger partial charge in [-0.25, -0.2) is 0 Å². The number of nitrogens with one attached hydrogen (secondary N) is 1. The molecule has 0 radical (unpaired) electrons. The van der Waals surface area contributed by atoms with Gasteiger partial charge in [-0.05, 0) is 19.4 Å². The van der Waals surface area contributed by atoms with E-state index in [-0.39, 0.29) is 13.0 Å². The van der Waals surface area contributed by atoms with Gasteiger partial charge in [-0.1, -0.05) is 0 Å². The Morgan fingerprint density at radius 2 is 2.08 bits per heavy atom. The van der Waals surface area contributed by atoms with Crippen LogP contribution >= 0.6 is 0 Å². The van der Waals surface area contributed by atoms with Gasteiger partial charge in [0.2, 0.25) is 5.91 Å². The van der Waals surface area contributed by atoms with Gasteiger partial charge >= 0.3 is 6.18 Å². The number of hydrogen-bond acceptors (Lipinski definition) is 2. The third kappa shape index (κ3) is 2.33. The molecule has 1 aliphatic heterocycles. The number of hydrogen-bond donors (Lipinski definition) is 2. The lowest BCUT2D eigenvalue weighted by atomic mass is 9.90. The van der Waals surface area contributed by atoms with Crippen molar-refractivity contribution in [3.63, 3.8) is 0 Å². The summed E-state index contributed by atoms with van der Waals surface area (Å²) in [6, 6.07) is -1.77. The molecule has 3 nitrogen and oxygen atoms in total. The fourth-order valence-electron chi connectivity index (χ4n) is 1.54. The molecule has 13 heavy (non-hydrogen) atoms. The van der Waals surface area contributed by atoms with Gasteiger partial charge in [-0.15, -0.1) is 0 Å². The van der Waals surface area contributed by atoms with Crippen LogP contribution in [0.4, 0.5) is 13.2 Å². The number of piperidine rings is 1. The summed E-state index contributed by atoms with van der Waals surface area (Å²) in [4.78, 5) is 10.7. The Labute approximate surface area is 73.5 Å². The standard InChI is InChI=1S/C7H11F3N2O/c8-7(9,10)5-4(6(11)13)2-1-3-12-5/h4-5,12H,1-3H2,(H2,11,13)/t4-,5+/m1/s1. The van der Waals surface area contributed by atoms with E-state index in [1.165, 1.54) is 0 Å². The highest BCUT2D eigenvalue weighted by Crippen LogP contribution is 2.30. The number of rotatable bonds is 1. The van der Waals surface area contributed by atoms with Crippen LogP contribution in [0.15, 0.2) is 0 Å². The smallest absolute Gasteiger partial charge is 0.369 e. The molecular weight excluding hydrogens is 185 g/mol. The van der Waals surface area contributed by atoms with Gasteiger partial charge in [0.1, 0.15) is 6.04 Å². The van der Waals surface area contributed by atoms with Crippen molar-refractivity contribution in [3.05, 3.63) is 0 Å². The quantitative estimate of drug-likeness (QED) is 0.637. The highest BCUT2D eigenvalue weighted by Gasteiger charge is 2.47. The lowest BCUT2D eigenvalue weighted by Crippen LogP contribution is -2.54. The van der Waals surface area contributed by atoms with E-state index in [1.54, 1.807) is 0 Å². The molecule has 0 saturated carbocycles. The van der Waals surface area contributed by atoms with Crippen LogP contribution in [-0.4, -0.2) is 24.7 Å². The van der Waals surface area contributed by atoms with Crippen LogP contribution in [-0.2, 0) is 4.79 Å². The maximum Gasteiger partial charge on any atom is 0.404 e. The van der Waals surface area contributed by atoms with Gasteiger partial charge in [0.05, 0.1) is 5.92 Å². The summed E-state index contributed by atoms with van der Waals surface area (Å²) < 4.78 is 36.8. The molecule has 6 heteroatoms. The number of carbonyl (C=O) groups excluding carboxylic acids is 1. The topological polar surface area (TPSA) is 55.1 Å². The van der Waals surface area contributed by atoms with Gasteiger partial charge in [0.25, 0.3) is 0 Å². The van der Waals surface area contributed by atoms with E-state index >= 15 is 0 Å². The summed E-state index contributed by atoms with van der Waals surface area (Å²) in [7, 11) is 0. The predicted octanol–water partition coefficient (Wildman–Crippen LogP) is 0.402. The number of alkyl halides is 3. The monoisotopic (exact) mass is 196 g/mol. The number of primary amides is 1. The van der Waals surface area contributed by atoms with Crippen molar-refractivity contribution in [1.29, 1.82) is 0 Å². The van der Waals surface area contributed by atoms with E-state index < -0.39 is 24.0 Å². The molecule has 0 unspecified atom stereocenters. The van der Waals surface area contributed by atoms with E-state index in [1.807, 2.05) is 0 Å². The molecular formula is C7H11F3N2O. The fourth-order valence-corrected chi connectivity index (χ4v) is 1.54. The molecule has 1 heterocycles. The average Bonchev–Trinajstić information content (AvgIpc) is 2.03. The summed E-state index contributed by atoms with van der Waals surface area (Å²) in [6.45, 7) is 0.286. The van der Waals surface area contributed by atoms with Crippen LogP contribution in [0.5, 0.6) is 0 Å². The summed E-state index contributed by atoms with van der Waals surface area (Å²) in [6.07, 6.45) is -3.62. The van der Waals surface area contributed by atoms with E-state index in [2.05, 4.69) is 5.32 Å².